The first kappa shape index (κ1) is 27.3. The fourth-order valence-corrected chi connectivity index (χ4v) is 3.61. The fourth-order valence-electron chi connectivity index (χ4n) is 3.61. The van der Waals surface area contributed by atoms with Gasteiger partial charge in [0, 0.05) is 38.6 Å². The van der Waals surface area contributed by atoms with Crippen LogP contribution in [0.5, 0.6) is 0 Å². The van der Waals surface area contributed by atoms with Gasteiger partial charge in [0.05, 0.1) is 6.61 Å². The second kappa shape index (κ2) is 13.5. The highest BCUT2D eigenvalue weighted by Gasteiger charge is 2.45. The molecular weight excluding hydrogens is 352 g/mol. The SMILES string of the molecule is CCCCCCCCC(=O)C(=CCC(OC)(OC)C(C)C(C)(C)C(C)C)CO. The first-order chi connectivity index (χ1) is 13.1. The smallest absolute Gasteiger partial charge is 0.174 e. The molecule has 4 heteroatoms. The van der Waals surface area contributed by atoms with Crippen molar-refractivity contribution < 1.29 is 19.4 Å². The predicted octanol–water partition coefficient (Wildman–Crippen LogP) is 5.92. The molecule has 0 amide bonds. The molecule has 1 N–H and O–H groups in total. The number of hydrogen-bond donors (Lipinski definition) is 1. The number of rotatable bonds is 16. The molecule has 0 rings (SSSR count). The molecule has 0 aliphatic heterocycles. The van der Waals surface area contributed by atoms with Crippen LogP contribution in [0.3, 0.4) is 0 Å². The molecule has 0 aromatic rings. The zero-order chi connectivity index (χ0) is 21.8. The van der Waals surface area contributed by atoms with E-state index in [1.807, 2.05) is 6.08 Å². The number of ether oxygens (including phenoxy) is 2. The van der Waals surface area contributed by atoms with Crippen LogP contribution in [0.1, 0.15) is 92.9 Å². The summed E-state index contributed by atoms with van der Waals surface area (Å²) in [6, 6.07) is 0. The van der Waals surface area contributed by atoms with E-state index >= 15 is 0 Å². The van der Waals surface area contributed by atoms with Gasteiger partial charge in [-0.1, -0.05) is 79.7 Å². The van der Waals surface area contributed by atoms with Crippen LogP contribution in [0, 0.1) is 17.3 Å². The predicted molar refractivity (Wildman–Crippen MR) is 117 cm³/mol. The molecule has 0 heterocycles. The second-order valence-corrected chi connectivity index (χ2v) is 8.95. The van der Waals surface area contributed by atoms with E-state index in [1.54, 1.807) is 14.2 Å². The van der Waals surface area contributed by atoms with E-state index in [9.17, 15) is 9.90 Å². The Hall–Kier alpha value is -0.710. The maximum absolute atomic E-state index is 12.5. The monoisotopic (exact) mass is 398 g/mol. The first-order valence-corrected chi connectivity index (χ1v) is 11.1. The summed E-state index contributed by atoms with van der Waals surface area (Å²) in [4.78, 5) is 12.5. The van der Waals surface area contributed by atoms with Crippen molar-refractivity contribution in [3.05, 3.63) is 11.6 Å². The summed E-state index contributed by atoms with van der Waals surface area (Å²) >= 11 is 0. The van der Waals surface area contributed by atoms with Gasteiger partial charge < -0.3 is 14.6 Å². The van der Waals surface area contributed by atoms with Crippen LogP contribution in [0.15, 0.2) is 11.6 Å². The zero-order valence-electron chi connectivity index (χ0n) is 19.8. The van der Waals surface area contributed by atoms with Crippen molar-refractivity contribution in [2.75, 3.05) is 20.8 Å². The number of carbonyl (C=O) groups is 1. The van der Waals surface area contributed by atoms with Crippen molar-refractivity contribution in [1.82, 2.24) is 0 Å². The molecular formula is C24H46O4. The van der Waals surface area contributed by atoms with Crippen LogP contribution in [0.25, 0.3) is 0 Å². The molecule has 4 nitrogen and oxygen atoms in total. The number of ketones is 1. The number of methoxy groups -OCH3 is 2. The molecule has 0 saturated heterocycles. The zero-order valence-corrected chi connectivity index (χ0v) is 19.8. The summed E-state index contributed by atoms with van der Waals surface area (Å²) in [6.45, 7) is 12.9. The van der Waals surface area contributed by atoms with Gasteiger partial charge in [-0.15, -0.1) is 0 Å². The van der Waals surface area contributed by atoms with Gasteiger partial charge in [-0.05, 0) is 17.8 Å². The molecule has 166 valence electrons. The minimum absolute atomic E-state index is 0.0122. The Bertz CT molecular complexity index is 461. The fraction of sp³-hybridized carbons (Fsp3) is 0.875. The van der Waals surface area contributed by atoms with Crippen molar-refractivity contribution in [3.8, 4) is 0 Å². The van der Waals surface area contributed by atoms with E-state index in [1.165, 1.54) is 25.7 Å². The maximum Gasteiger partial charge on any atom is 0.174 e. The summed E-state index contributed by atoms with van der Waals surface area (Å²) in [5.74, 6) is -0.244. The molecule has 0 radical (unpaired) electrons. The van der Waals surface area contributed by atoms with Crippen LogP contribution >= 0.6 is 0 Å². The summed E-state index contributed by atoms with van der Waals surface area (Å²) in [5, 5.41) is 9.73. The lowest BCUT2D eigenvalue weighted by Gasteiger charge is -2.46. The van der Waals surface area contributed by atoms with Crippen LogP contribution in [0.4, 0.5) is 0 Å². The lowest BCUT2D eigenvalue weighted by Crippen LogP contribution is -2.48. The molecule has 0 aromatic heterocycles. The van der Waals surface area contributed by atoms with Gasteiger partial charge in [0.25, 0.3) is 0 Å². The van der Waals surface area contributed by atoms with E-state index in [0.717, 1.165) is 12.8 Å². The number of carbonyl (C=O) groups excluding carboxylic acids is 1. The topological polar surface area (TPSA) is 55.8 Å². The highest BCUT2D eigenvalue weighted by molar-refractivity contribution is 5.95. The first-order valence-electron chi connectivity index (χ1n) is 11.1. The second-order valence-electron chi connectivity index (χ2n) is 8.95. The van der Waals surface area contributed by atoms with Crippen molar-refractivity contribution in [3.63, 3.8) is 0 Å². The van der Waals surface area contributed by atoms with Crippen molar-refractivity contribution in [1.29, 1.82) is 0 Å². The Morgan fingerprint density at radius 3 is 2.00 bits per heavy atom. The van der Waals surface area contributed by atoms with E-state index < -0.39 is 5.79 Å². The van der Waals surface area contributed by atoms with Crippen LogP contribution in [-0.2, 0) is 14.3 Å². The normalized spacial score (nSPS) is 14.6. The van der Waals surface area contributed by atoms with Gasteiger partial charge in [-0.2, -0.15) is 0 Å². The minimum Gasteiger partial charge on any atom is -0.392 e. The Labute approximate surface area is 174 Å². The number of Topliss-reactive ketones (excluding diaryl/α,β-unsaturated/α-hetero) is 1. The van der Waals surface area contributed by atoms with E-state index in [0.29, 0.717) is 24.3 Å². The van der Waals surface area contributed by atoms with Gasteiger partial charge in [-0.25, -0.2) is 0 Å². The molecule has 1 unspecified atom stereocenters. The van der Waals surface area contributed by atoms with Gasteiger partial charge in [-0.3, -0.25) is 4.79 Å². The van der Waals surface area contributed by atoms with E-state index in [4.69, 9.17) is 9.47 Å². The number of aliphatic hydroxyl groups excluding tert-OH is 1. The highest BCUT2D eigenvalue weighted by atomic mass is 16.7. The summed E-state index contributed by atoms with van der Waals surface area (Å²) in [5.41, 5.74) is 0.462. The average molecular weight is 399 g/mol. The third kappa shape index (κ3) is 7.96. The van der Waals surface area contributed by atoms with Gasteiger partial charge in [0.15, 0.2) is 11.6 Å². The molecule has 0 aliphatic carbocycles. The van der Waals surface area contributed by atoms with Crippen LogP contribution in [0.2, 0.25) is 0 Å². The van der Waals surface area contributed by atoms with Gasteiger partial charge in [0.1, 0.15) is 0 Å². The lowest BCUT2D eigenvalue weighted by molar-refractivity contribution is -0.257. The molecule has 0 aromatic carbocycles. The quantitative estimate of drug-likeness (QED) is 0.199. The number of hydrogen-bond acceptors (Lipinski definition) is 4. The Kier molecular flexibility index (Phi) is 13.2. The average Bonchev–Trinajstić information content (AvgIpc) is 2.67. The molecule has 0 aliphatic rings. The van der Waals surface area contributed by atoms with Gasteiger partial charge >= 0.3 is 0 Å². The summed E-state index contributed by atoms with van der Waals surface area (Å²) < 4.78 is 11.7. The summed E-state index contributed by atoms with van der Waals surface area (Å²) in [6.07, 6.45) is 9.62. The third-order valence-electron chi connectivity index (χ3n) is 6.87. The van der Waals surface area contributed by atoms with Crippen molar-refractivity contribution >= 4 is 5.78 Å². The largest absolute Gasteiger partial charge is 0.392 e. The van der Waals surface area contributed by atoms with E-state index in [-0.39, 0.29) is 23.7 Å². The highest BCUT2D eigenvalue weighted by Crippen LogP contribution is 2.44. The summed E-state index contributed by atoms with van der Waals surface area (Å²) in [7, 11) is 3.31. The molecule has 28 heavy (non-hydrogen) atoms. The Morgan fingerprint density at radius 1 is 1.00 bits per heavy atom. The number of aliphatic hydroxyl groups is 1. The molecule has 0 fully saturated rings. The van der Waals surface area contributed by atoms with E-state index in [2.05, 4.69) is 41.5 Å². The minimum atomic E-state index is -0.825. The lowest BCUT2D eigenvalue weighted by atomic mass is 9.67. The molecule has 0 saturated carbocycles. The van der Waals surface area contributed by atoms with Gasteiger partial charge in [0.2, 0.25) is 0 Å². The Balaban J connectivity index is 5.07. The third-order valence-corrected chi connectivity index (χ3v) is 6.87. The maximum atomic E-state index is 12.5. The molecule has 0 spiro atoms. The van der Waals surface area contributed by atoms with Crippen LogP contribution < -0.4 is 0 Å². The van der Waals surface area contributed by atoms with Crippen LogP contribution in [-0.4, -0.2) is 37.5 Å². The van der Waals surface area contributed by atoms with Crippen molar-refractivity contribution in [2.45, 2.75) is 98.7 Å². The Morgan fingerprint density at radius 2 is 1.54 bits per heavy atom. The standard InChI is InChI=1S/C24H46O4/c1-9-10-11-12-13-14-15-22(26)21(18-25)16-17-24(27-7,28-8)20(4)23(5,6)19(2)3/h16,19-20,25H,9-15,17-18H2,1-8H3. The molecule has 1 atom stereocenters. The van der Waals surface area contributed by atoms with Crippen molar-refractivity contribution in [2.24, 2.45) is 17.3 Å². The number of unbranched alkanes of at least 4 members (excludes halogenated alkanes) is 5. The molecule has 0 bridgehead atoms.